The molecule has 0 spiro atoms. The third kappa shape index (κ3) is 85.5. The zero-order valence-corrected chi connectivity index (χ0v) is 62.1. The van der Waals surface area contributed by atoms with Crippen molar-refractivity contribution in [3.63, 3.8) is 0 Å². The summed E-state index contributed by atoms with van der Waals surface area (Å²) in [4.78, 5) is 5.15. The predicted molar refractivity (Wildman–Crippen MR) is 404 cm³/mol. The molecule has 0 amide bonds. The van der Waals surface area contributed by atoms with Crippen LogP contribution in [0.15, 0.2) is 5.16 Å². The van der Waals surface area contributed by atoms with Crippen molar-refractivity contribution in [1.29, 1.82) is 0 Å². The highest BCUT2D eigenvalue weighted by Gasteiger charge is 2.02. The lowest BCUT2D eigenvalue weighted by atomic mass is 10.0. The zero-order chi connectivity index (χ0) is 62.8. The molecule has 0 N–H and O–H groups in total. The van der Waals surface area contributed by atoms with E-state index in [9.17, 15) is 0 Å². The highest BCUT2D eigenvalue weighted by atomic mass is 16.6. The van der Waals surface area contributed by atoms with Crippen LogP contribution in [0.5, 0.6) is 0 Å². The second-order valence-corrected chi connectivity index (χ2v) is 29.8. The summed E-state index contributed by atoms with van der Waals surface area (Å²) in [5, 5.41) is 3.81. The van der Waals surface area contributed by atoms with Gasteiger partial charge in [-0.3, -0.25) is 0 Å². The fourth-order valence-electron chi connectivity index (χ4n) is 14.5. The molecule has 0 aromatic rings. The first-order valence-corrected chi connectivity index (χ1v) is 43.0. The maximum absolute atomic E-state index is 5.15. The van der Waals surface area contributed by atoms with Crippen LogP contribution >= 0.6 is 0 Å². The molecule has 2 heteroatoms. The molecule has 88 heavy (non-hydrogen) atoms. The van der Waals surface area contributed by atoms with Gasteiger partial charge in [0.25, 0.3) is 0 Å². The van der Waals surface area contributed by atoms with Crippen LogP contribution < -0.4 is 0 Å². The molecule has 0 aromatic carbocycles. The van der Waals surface area contributed by atoms with Crippen molar-refractivity contribution in [2.24, 2.45) is 5.16 Å². The first kappa shape index (κ1) is 87.5. The van der Waals surface area contributed by atoms with E-state index in [2.05, 4.69) is 12.1 Å². The fraction of sp³-hybridized carbons (Fsp3) is 0.988. The van der Waals surface area contributed by atoms with Gasteiger partial charge >= 0.3 is 0 Å². The molecule has 0 aliphatic heterocycles. The van der Waals surface area contributed by atoms with E-state index in [1.165, 1.54) is 520 Å². The molecule has 0 radical (unpaired) electrons. The van der Waals surface area contributed by atoms with Gasteiger partial charge < -0.3 is 4.84 Å². The minimum Gasteiger partial charge on any atom is -0.396 e. The molecular weight excluding hydrogens is 1060 g/mol. The summed E-state index contributed by atoms with van der Waals surface area (Å²) in [7, 11) is 0. The van der Waals surface area contributed by atoms with Gasteiger partial charge in [-0.2, -0.15) is 0 Å². The number of nitrogens with zero attached hydrogens (tertiary/aromatic N) is 1. The van der Waals surface area contributed by atoms with Crippen molar-refractivity contribution in [1.82, 2.24) is 0 Å². The second-order valence-electron chi connectivity index (χ2n) is 29.8. The average Bonchev–Trinajstić information content (AvgIpc) is 3.54. The van der Waals surface area contributed by atoms with Crippen LogP contribution in [0, 0.1) is 0 Å². The fourth-order valence-corrected chi connectivity index (χ4v) is 14.5. The Hall–Kier alpha value is -0.530. The Bertz CT molecular complexity index is 1160. The van der Waals surface area contributed by atoms with Gasteiger partial charge in [0.15, 0.2) is 0 Å². The molecule has 528 valence electrons. The average molecular weight is 1240 g/mol. The summed E-state index contributed by atoms with van der Waals surface area (Å²) < 4.78 is 0. The van der Waals surface area contributed by atoms with Crippen LogP contribution in [-0.4, -0.2) is 12.8 Å². The second kappa shape index (κ2) is 86.5. The lowest BCUT2D eigenvalue weighted by molar-refractivity contribution is 0.141. The zero-order valence-electron chi connectivity index (χ0n) is 62.1. The molecule has 0 bridgehead atoms. The van der Waals surface area contributed by atoms with Crippen LogP contribution in [0.4, 0.5) is 0 Å². The van der Waals surface area contributed by atoms with E-state index in [0.29, 0.717) is 0 Å². The van der Waals surface area contributed by atoms with Crippen LogP contribution in [0.3, 0.4) is 0 Å². The molecule has 0 atom stereocenters. The van der Waals surface area contributed by atoms with Crippen molar-refractivity contribution in [3.05, 3.63) is 0 Å². The first-order chi connectivity index (χ1) is 43.9. The number of rotatable bonds is 84. The predicted octanol–water partition coefficient (Wildman–Crippen LogP) is 33.0. The number of unbranched alkanes of at least 4 members (excludes halogenated alkanes) is 81. The van der Waals surface area contributed by atoms with E-state index in [4.69, 9.17) is 4.84 Å². The normalized spacial score (nSPS) is 11.8. The van der Waals surface area contributed by atoms with Gasteiger partial charge in [0.05, 0.1) is 0 Å². The quantitative estimate of drug-likeness (QED) is 0.0338. The van der Waals surface area contributed by atoms with Crippen molar-refractivity contribution in [2.45, 2.75) is 540 Å². The van der Waals surface area contributed by atoms with Gasteiger partial charge in [-0.25, -0.2) is 0 Å². The molecule has 0 fully saturated rings. The van der Waals surface area contributed by atoms with E-state index in [-0.39, 0.29) is 0 Å². The SMILES string of the molecule is C/C=N\OCCCCCCCCCCCCCCCCCCCCCCCCCCCCCCCCCCCCCCCCCCCCCCCCCCCCCCCCCCCCCCCCCCCCCCCCCCCCCCCCCCCC. The number of hydrogen-bond acceptors (Lipinski definition) is 2. The maximum atomic E-state index is 5.15. The topological polar surface area (TPSA) is 21.6 Å². The van der Waals surface area contributed by atoms with Gasteiger partial charge in [-0.15, -0.1) is 0 Å². The third-order valence-electron chi connectivity index (χ3n) is 20.8. The molecule has 2 nitrogen and oxygen atoms in total. The summed E-state index contributed by atoms with van der Waals surface area (Å²) in [5.74, 6) is 0. The summed E-state index contributed by atoms with van der Waals surface area (Å²) in [5.41, 5.74) is 0. The summed E-state index contributed by atoms with van der Waals surface area (Å²) in [6.07, 6.45) is 123. The molecular formula is C86H173NO. The molecule has 0 aliphatic rings. The van der Waals surface area contributed by atoms with E-state index < -0.39 is 0 Å². The molecule has 0 heterocycles. The van der Waals surface area contributed by atoms with E-state index in [1.807, 2.05) is 6.92 Å². The lowest BCUT2D eigenvalue weighted by Crippen LogP contribution is -1.88. The minimum absolute atomic E-state index is 0.782. The Kier molecular flexibility index (Phi) is 85.9. The summed E-state index contributed by atoms with van der Waals surface area (Å²) in [6.45, 7) is 5.00. The Morgan fingerprint density at radius 3 is 0.330 bits per heavy atom. The Balaban J connectivity index is 3.09. The smallest absolute Gasteiger partial charge is 0.117 e. The van der Waals surface area contributed by atoms with Gasteiger partial charge in [-0.05, 0) is 19.8 Å². The van der Waals surface area contributed by atoms with Crippen molar-refractivity contribution < 1.29 is 4.84 Å². The molecule has 0 saturated carbocycles. The molecule has 0 aliphatic carbocycles. The van der Waals surface area contributed by atoms with E-state index >= 15 is 0 Å². The highest BCUT2D eigenvalue weighted by molar-refractivity contribution is 5.52. The molecule has 0 unspecified atom stereocenters. The van der Waals surface area contributed by atoms with Crippen molar-refractivity contribution in [2.75, 3.05) is 6.61 Å². The summed E-state index contributed by atoms with van der Waals surface area (Å²) in [6, 6.07) is 0. The Morgan fingerprint density at radius 1 is 0.148 bits per heavy atom. The van der Waals surface area contributed by atoms with Gasteiger partial charge in [0.1, 0.15) is 6.61 Å². The van der Waals surface area contributed by atoms with Crippen molar-refractivity contribution >= 4 is 6.21 Å². The highest BCUT2D eigenvalue weighted by Crippen LogP contribution is 2.22. The van der Waals surface area contributed by atoms with E-state index in [1.54, 1.807) is 6.21 Å². The monoisotopic (exact) mass is 1240 g/mol. The lowest BCUT2D eigenvalue weighted by Gasteiger charge is -2.05. The Morgan fingerprint density at radius 2 is 0.239 bits per heavy atom. The van der Waals surface area contributed by atoms with Gasteiger partial charge in [0.2, 0.25) is 0 Å². The number of oxime groups is 1. The molecule has 0 aromatic heterocycles. The summed E-state index contributed by atoms with van der Waals surface area (Å²) >= 11 is 0. The third-order valence-corrected chi connectivity index (χ3v) is 20.8. The van der Waals surface area contributed by atoms with Crippen molar-refractivity contribution in [3.8, 4) is 0 Å². The molecule has 0 saturated heterocycles. The van der Waals surface area contributed by atoms with Gasteiger partial charge in [-0.1, -0.05) is 526 Å². The maximum Gasteiger partial charge on any atom is 0.117 e. The minimum atomic E-state index is 0.782. The van der Waals surface area contributed by atoms with Crippen LogP contribution in [0.25, 0.3) is 0 Å². The number of hydrogen-bond donors (Lipinski definition) is 0. The standard InChI is InChI=1S/C86H173NO/c1-3-5-6-7-8-9-10-11-12-13-14-15-16-17-18-19-20-21-22-23-24-25-26-27-28-29-30-31-32-33-34-35-36-37-38-39-40-41-42-43-44-45-46-47-48-49-50-51-52-53-54-55-56-57-58-59-60-61-62-63-64-65-66-67-68-69-70-71-72-73-74-75-76-77-78-79-80-81-82-83-84-85-86-88-87-4-2/h4H,3,5-86H2,1-2H3/b87-4-. The molecule has 0 rings (SSSR count). The van der Waals surface area contributed by atoms with E-state index in [0.717, 1.165) is 13.0 Å². The van der Waals surface area contributed by atoms with Crippen LogP contribution in [0.1, 0.15) is 540 Å². The van der Waals surface area contributed by atoms with Crippen LogP contribution in [-0.2, 0) is 4.84 Å². The first-order valence-electron chi connectivity index (χ1n) is 43.0. The van der Waals surface area contributed by atoms with Crippen LogP contribution in [0.2, 0.25) is 0 Å². The Labute approximate surface area is 560 Å². The van der Waals surface area contributed by atoms with Gasteiger partial charge in [0, 0.05) is 6.21 Å². The largest absolute Gasteiger partial charge is 0.396 e.